The van der Waals surface area contributed by atoms with Gasteiger partial charge in [-0.3, -0.25) is 9.69 Å². The molecule has 2 fully saturated rings. The quantitative estimate of drug-likeness (QED) is 0.519. The maximum atomic E-state index is 13.8. The van der Waals surface area contributed by atoms with E-state index in [1.807, 2.05) is 36.4 Å². The van der Waals surface area contributed by atoms with Gasteiger partial charge in [-0.25, -0.2) is 5.01 Å². The number of benzene rings is 2. The van der Waals surface area contributed by atoms with Crippen molar-refractivity contribution in [3.63, 3.8) is 0 Å². The van der Waals surface area contributed by atoms with Gasteiger partial charge in [0.05, 0.1) is 60.0 Å². The molecule has 3 aliphatic rings. The summed E-state index contributed by atoms with van der Waals surface area (Å²) < 4.78 is 33.9. The van der Waals surface area contributed by atoms with Crippen LogP contribution < -0.4 is 18.9 Å². The van der Waals surface area contributed by atoms with Crippen molar-refractivity contribution in [2.24, 2.45) is 5.10 Å². The summed E-state index contributed by atoms with van der Waals surface area (Å²) in [7, 11) is 6.46. The van der Waals surface area contributed by atoms with Crippen LogP contribution in [0.1, 0.15) is 36.4 Å². The van der Waals surface area contributed by atoms with Crippen molar-refractivity contribution < 1.29 is 33.2 Å². The van der Waals surface area contributed by atoms with Gasteiger partial charge in [-0.1, -0.05) is 0 Å². The van der Waals surface area contributed by atoms with E-state index in [1.54, 1.807) is 33.4 Å². The third-order valence-corrected chi connectivity index (χ3v) is 7.47. The topological polar surface area (TPSA) is 91.3 Å². The minimum Gasteiger partial charge on any atom is -0.497 e. The highest BCUT2D eigenvalue weighted by Gasteiger charge is 2.41. The van der Waals surface area contributed by atoms with Gasteiger partial charge in [-0.05, 0) is 30.3 Å². The van der Waals surface area contributed by atoms with Crippen molar-refractivity contribution in [3.05, 3.63) is 47.5 Å². The number of nitrogens with zero attached hydrogens (tertiary/aromatic N) is 3. The molecule has 10 nitrogen and oxygen atoms in total. The van der Waals surface area contributed by atoms with E-state index in [-0.39, 0.29) is 18.5 Å². The molecule has 0 saturated carbocycles. The molecule has 2 saturated heterocycles. The molecule has 204 valence electrons. The lowest BCUT2D eigenvalue weighted by Gasteiger charge is -2.37. The minimum atomic E-state index is -0.486. The number of likely N-dealkylation sites (tertiary alicyclic amines) is 1. The number of ether oxygens (including phenoxy) is 6. The van der Waals surface area contributed by atoms with Crippen molar-refractivity contribution in [1.82, 2.24) is 9.91 Å². The fourth-order valence-corrected chi connectivity index (χ4v) is 5.38. The molecule has 10 heteroatoms. The summed E-state index contributed by atoms with van der Waals surface area (Å²) in [5, 5.41) is 6.44. The van der Waals surface area contributed by atoms with Gasteiger partial charge in [0.1, 0.15) is 23.0 Å². The molecule has 0 radical (unpaired) electrons. The van der Waals surface area contributed by atoms with Crippen molar-refractivity contribution >= 4 is 11.6 Å². The minimum absolute atomic E-state index is 0.0911. The first-order valence-corrected chi connectivity index (χ1v) is 12.8. The summed E-state index contributed by atoms with van der Waals surface area (Å²) in [6.07, 6.45) is 1.97. The van der Waals surface area contributed by atoms with Crippen LogP contribution in [0.25, 0.3) is 0 Å². The van der Waals surface area contributed by atoms with Gasteiger partial charge in [-0.15, -0.1) is 0 Å². The van der Waals surface area contributed by atoms with E-state index < -0.39 is 5.79 Å². The van der Waals surface area contributed by atoms with Crippen molar-refractivity contribution in [1.29, 1.82) is 0 Å². The Balaban J connectivity index is 1.44. The Morgan fingerprint density at radius 3 is 2.24 bits per heavy atom. The first kappa shape index (κ1) is 26.3. The highest BCUT2D eigenvalue weighted by molar-refractivity contribution is 6.05. The Labute approximate surface area is 223 Å². The molecule has 3 heterocycles. The summed E-state index contributed by atoms with van der Waals surface area (Å²) in [5.74, 6) is 2.09. The van der Waals surface area contributed by atoms with Crippen LogP contribution in [0.2, 0.25) is 0 Å². The van der Waals surface area contributed by atoms with Gasteiger partial charge in [0.15, 0.2) is 5.79 Å². The Morgan fingerprint density at radius 1 is 0.921 bits per heavy atom. The first-order valence-electron chi connectivity index (χ1n) is 12.8. The average Bonchev–Trinajstić information content (AvgIpc) is 3.61. The highest BCUT2D eigenvalue weighted by Crippen LogP contribution is 2.41. The molecule has 3 aliphatic heterocycles. The van der Waals surface area contributed by atoms with Crippen LogP contribution in [0.4, 0.5) is 0 Å². The van der Waals surface area contributed by atoms with E-state index in [9.17, 15) is 4.79 Å². The lowest BCUT2D eigenvalue weighted by atomic mass is 9.96. The zero-order valence-electron chi connectivity index (χ0n) is 22.4. The molecule has 1 atom stereocenters. The van der Waals surface area contributed by atoms with Crippen LogP contribution in [-0.4, -0.2) is 88.6 Å². The highest BCUT2D eigenvalue weighted by atomic mass is 16.7. The van der Waals surface area contributed by atoms with Crippen LogP contribution in [0.3, 0.4) is 0 Å². The largest absolute Gasteiger partial charge is 0.497 e. The molecule has 1 amide bonds. The number of rotatable bonds is 8. The standard InChI is InChI=1S/C28H35N3O7/c1-33-19-6-8-25(35-3)22(15-19)24-17-23(21-7-5-20(34-2)16-26(21)36-4)29-31(24)27(32)18-30-11-9-28(10-12-30)37-13-14-38-28/h5-8,15-16,24H,9-14,17-18H2,1-4H3/t24-/m1/s1. The van der Waals surface area contributed by atoms with Gasteiger partial charge in [0, 0.05) is 49.5 Å². The molecule has 2 aromatic carbocycles. The number of carbonyl (C=O) groups excluding carboxylic acids is 1. The second-order valence-corrected chi connectivity index (χ2v) is 9.56. The van der Waals surface area contributed by atoms with Crippen molar-refractivity contribution in [2.75, 3.05) is 61.3 Å². The summed E-state index contributed by atoms with van der Waals surface area (Å²) in [4.78, 5) is 15.9. The lowest BCUT2D eigenvalue weighted by molar-refractivity contribution is -0.186. The average molecular weight is 526 g/mol. The lowest BCUT2D eigenvalue weighted by Crippen LogP contribution is -2.48. The molecular formula is C28H35N3O7. The first-order chi connectivity index (χ1) is 18.5. The molecule has 1 spiro atoms. The predicted octanol–water partition coefficient (Wildman–Crippen LogP) is 3.24. The van der Waals surface area contributed by atoms with E-state index in [2.05, 4.69) is 4.90 Å². The Kier molecular flexibility index (Phi) is 7.73. The zero-order valence-corrected chi connectivity index (χ0v) is 22.4. The molecule has 0 aliphatic carbocycles. The zero-order chi connectivity index (χ0) is 26.7. The predicted molar refractivity (Wildman–Crippen MR) is 140 cm³/mol. The normalized spacial score (nSPS) is 20.9. The Hall–Kier alpha value is -3.34. The Bertz CT molecular complexity index is 1180. The van der Waals surface area contributed by atoms with Crippen molar-refractivity contribution in [2.45, 2.75) is 31.1 Å². The molecule has 0 unspecified atom stereocenters. The molecule has 38 heavy (non-hydrogen) atoms. The number of hydrogen-bond donors (Lipinski definition) is 0. The fraction of sp³-hybridized carbons (Fsp3) is 0.500. The summed E-state index contributed by atoms with van der Waals surface area (Å²) in [5.41, 5.74) is 2.39. The molecule has 5 rings (SSSR count). The van der Waals surface area contributed by atoms with Crippen LogP contribution in [0.5, 0.6) is 23.0 Å². The molecule has 0 aromatic heterocycles. The van der Waals surface area contributed by atoms with Gasteiger partial charge in [0.2, 0.25) is 0 Å². The number of piperidine rings is 1. The maximum absolute atomic E-state index is 13.8. The fourth-order valence-electron chi connectivity index (χ4n) is 5.38. The SMILES string of the molecule is COc1ccc(C2=NN(C(=O)CN3CCC4(CC3)OCCO4)[C@@H](c3cc(OC)ccc3OC)C2)c(OC)c1. The number of hydrazone groups is 1. The van der Waals surface area contributed by atoms with Crippen LogP contribution >= 0.6 is 0 Å². The van der Waals surface area contributed by atoms with Crippen LogP contribution in [0, 0.1) is 0 Å². The van der Waals surface area contributed by atoms with Gasteiger partial charge >= 0.3 is 0 Å². The van der Waals surface area contributed by atoms with Crippen molar-refractivity contribution in [3.8, 4) is 23.0 Å². The number of carbonyl (C=O) groups is 1. The number of methoxy groups -OCH3 is 4. The second-order valence-electron chi connectivity index (χ2n) is 9.56. The molecular weight excluding hydrogens is 490 g/mol. The van der Waals surface area contributed by atoms with Gasteiger partial charge in [-0.2, -0.15) is 5.10 Å². The van der Waals surface area contributed by atoms with Crippen LogP contribution in [-0.2, 0) is 14.3 Å². The van der Waals surface area contributed by atoms with E-state index in [0.29, 0.717) is 42.6 Å². The van der Waals surface area contributed by atoms with E-state index >= 15 is 0 Å². The second kappa shape index (κ2) is 11.2. The van der Waals surface area contributed by atoms with E-state index in [0.717, 1.165) is 42.8 Å². The summed E-state index contributed by atoms with van der Waals surface area (Å²) >= 11 is 0. The van der Waals surface area contributed by atoms with Gasteiger partial charge < -0.3 is 28.4 Å². The monoisotopic (exact) mass is 525 g/mol. The maximum Gasteiger partial charge on any atom is 0.257 e. The van der Waals surface area contributed by atoms with E-state index in [1.165, 1.54) is 0 Å². The third kappa shape index (κ3) is 5.16. The summed E-state index contributed by atoms with van der Waals surface area (Å²) in [6, 6.07) is 10.8. The van der Waals surface area contributed by atoms with Gasteiger partial charge in [0.25, 0.3) is 5.91 Å². The van der Waals surface area contributed by atoms with E-state index in [4.69, 9.17) is 33.5 Å². The Morgan fingerprint density at radius 2 is 1.58 bits per heavy atom. The number of hydrogen-bond acceptors (Lipinski definition) is 9. The van der Waals surface area contributed by atoms with Crippen LogP contribution in [0.15, 0.2) is 41.5 Å². The molecule has 0 bridgehead atoms. The number of amides is 1. The molecule has 2 aromatic rings. The summed E-state index contributed by atoms with van der Waals surface area (Å²) in [6.45, 7) is 2.94. The smallest absolute Gasteiger partial charge is 0.257 e. The molecule has 0 N–H and O–H groups in total. The third-order valence-electron chi connectivity index (χ3n) is 7.47.